The van der Waals surface area contributed by atoms with E-state index in [-0.39, 0.29) is 18.2 Å². The zero-order valence-electron chi connectivity index (χ0n) is 17.9. The maximum absolute atomic E-state index is 13.1. The van der Waals surface area contributed by atoms with E-state index < -0.39 is 11.9 Å². The molecule has 0 heterocycles. The largest absolute Gasteiger partial charge is 0.481 e. The Morgan fingerprint density at radius 1 is 0.774 bits per heavy atom. The van der Waals surface area contributed by atoms with Gasteiger partial charge in [-0.3, -0.25) is 14.5 Å². The number of hydrogen-bond acceptors (Lipinski definition) is 3. The third-order valence-electron chi connectivity index (χ3n) is 5.52. The second kappa shape index (κ2) is 11.2. The second-order valence-electron chi connectivity index (χ2n) is 8.02. The molecule has 2 unspecified atom stereocenters. The van der Waals surface area contributed by atoms with Crippen LogP contribution < -0.4 is 0 Å². The summed E-state index contributed by atoms with van der Waals surface area (Å²) >= 11 is 0. The average molecular weight is 416 g/mol. The van der Waals surface area contributed by atoms with Crippen LogP contribution >= 0.6 is 0 Å². The Morgan fingerprint density at radius 2 is 1.23 bits per heavy atom. The van der Waals surface area contributed by atoms with Crippen molar-refractivity contribution in [2.24, 2.45) is 5.92 Å². The van der Waals surface area contributed by atoms with Crippen molar-refractivity contribution >= 4 is 11.8 Å². The molecule has 0 saturated heterocycles. The van der Waals surface area contributed by atoms with Crippen LogP contribution in [-0.2, 0) is 22.7 Å². The summed E-state index contributed by atoms with van der Waals surface area (Å²) in [4.78, 5) is 27.1. The minimum atomic E-state index is -0.892. The van der Waals surface area contributed by atoms with Crippen molar-refractivity contribution in [1.82, 2.24) is 4.90 Å². The molecule has 3 rings (SSSR count). The Balaban J connectivity index is 1.70. The summed E-state index contributed by atoms with van der Waals surface area (Å²) in [5.74, 6) is -1.86. The molecule has 0 aliphatic carbocycles. The number of nitrogens with zero attached hydrogens (tertiary/aromatic N) is 1. The number of carboxylic acid groups (broad SMARTS) is 1. The first-order chi connectivity index (χ1) is 15.0. The van der Waals surface area contributed by atoms with E-state index in [4.69, 9.17) is 0 Å². The molecule has 0 aliphatic heterocycles. The lowest BCUT2D eigenvalue weighted by Crippen LogP contribution is -2.33. The van der Waals surface area contributed by atoms with Crippen LogP contribution in [0.1, 0.15) is 36.0 Å². The molecular weight excluding hydrogens is 386 g/mol. The maximum Gasteiger partial charge on any atom is 0.310 e. The second-order valence-corrected chi connectivity index (χ2v) is 8.02. The highest BCUT2D eigenvalue weighted by molar-refractivity contribution is 5.84. The van der Waals surface area contributed by atoms with Crippen LogP contribution in [0.25, 0.3) is 0 Å². The highest BCUT2D eigenvalue weighted by atomic mass is 16.4. The Labute approximate surface area is 184 Å². The van der Waals surface area contributed by atoms with Gasteiger partial charge in [0.1, 0.15) is 5.78 Å². The molecule has 4 heteroatoms. The molecule has 3 aromatic rings. The van der Waals surface area contributed by atoms with E-state index in [0.29, 0.717) is 19.5 Å². The van der Waals surface area contributed by atoms with Crippen molar-refractivity contribution in [2.45, 2.75) is 32.4 Å². The summed E-state index contributed by atoms with van der Waals surface area (Å²) in [6.45, 7) is 3.45. The van der Waals surface area contributed by atoms with Crippen LogP contribution in [0.3, 0.4) is 0 Å². The first-order valence-corrected chi connectivity index (χ1v) is 10.6. The zero-order chi connectivity index (χ0) is 22.1. The van der Waals surface area contributed by atoms with E-state index in [1.165, 1.54) is 0 Å². The highest BCUT2D eigenvalue weighted by Gasteiger charge is 2.26. The monoisotopic (exact) mass is 415 g/mol. The van der Waals surface area contributed by atoms with Gasteiger partial charge in [-0.15, -0.1) is 0 Å². The van der Waals surface area contributed by atoms with Gasteiger partial charge in [0, 0.05) is 19.0 Å². The average Bonchev–Trinajstić information content (AvgIpc) is 2.79. The predicted molar refractivity (Wildman–Crippen MR) is 123 cm³/mol. The first kappa shape index (κ1) is 22.4. The molecule has 3 aromatic carbocycles. The molecule has 0 aliphatic rings. The lowest BCUT2D eigenvalue weighted by atomic mass is 9.87. The molecule has 160 valence electrons. The topological polar surface area (TPSA) is 57.6 Å². The summed E-state index contributed by atoms with van der Waals surface area (Å²) in [5, 5.41) is 9.71. The van der Waals surface area contributed by atoms with Crippen molar-refractivity contribution in [3.8, 4) is 0 Å². The third-order valence-corrected chi connectivity index (χ3v) is 5.52. The molecule has 0 radical (unpaired) electrons. The number of aliphatic carboxylic acids is 1. The molecule has 0 spiro atoms. The van der Waals surface area contributed by atoms with Gasteiger partial charge in [-0.05, 0) is 23.1 Å². The molecule has 0 aromatic heterocycles. The van der Waals surface area contributed by atoms with Gasteiger partial charge in [-0.2, -0.15) is 0 Å². The van der Waals surface area contributed by atoms with Crippen LogP contribution in [0.5, 0.6) is 0 Å². The Bertz CT molecular complexity index is 916. The van der Waals surface area contributed by atoms with Crippen LogP contribution in [0, 0.1) is 5.92 Å². The number of carbonyl (C=O) groups is 2. The Morgan fingerprint density at radius 3 is 1.68 bits per heavy atom. The van der Waals surface area contributed by atoms with Gasteiger partial charge in [0.2, 0.25) is 0 Å². The molecule has 1 N–H and O–H groups in total. The molecule has 0 saturated carbocycles. The van der Waals surface area contributed by atoms with Gasteiger partial charge in [-0.1, -0.05) is 97.9 Å². The summed E-state index contributed by atoms with van der Waals surface area (Å²) in [6, 6.07) is 29.3. The highest BCUT2D eigenvalue weighted by Crippen LogP contribution is 2.25. The van der Waals surface area contributed by atoms with Gasteiger partial charge >= 0.3 is 5.97 Å². The van der Waals surface area contributed by atoms with Crippen molar-refractivity contribution in [2.75, 3.05) is 6.54 Å². The normalized spacial score (nSPS) is 13.0. The molecule has 31 heavy (non-hydrogen) atoms. The number of benzene rings is 3. The van der Waals surface area contributed by atoms with E-state index >= 15 is 0 Å². The summed E-state index contributed by atoms with van der Waals surface area (Å²) < 4.78 is 0. The smallest absolute Gasteiger partial charge is 0.310 e. The number of Topliss-reactive ketones (excluding diaryl/α,β-unsaturated/α-hetero) is 1. The van der Waals surface area contributed by atoms with E-state index in [9.17, 15) is 14.7 Å². The Hall–Kier alpha value is -3.24. The van der Waals surface area contributed by atoms with E-state index in [1.807, 2.05) is 73.7 Å². The summed E-state index contributed by atoms with van der Waals surface area (Å²) in [7, 11) is 0. The van der Waals surface area contributed by atoms with Gasteiger partial charge in [0.05, 0.1) is 12.5 Å². The minimum absolute atomic E-state index is 0.0639. The van der Waals surface area contributed by atoms with E-state index in [2.05, 4.69) is 29.2 Å². The van der Waals surface area contributed by atoms with Crippen molar-refractivity contribution < 1.29 is 14.7 Å². The van der Waals surface area contributed by atoms with Gasteiger partial charge in [-0.25, -0.2) is 0 Å². The number of ketones is 1. The first-order valence-electron chi connectivity index (χ1n) is 10.6. The van der Waals surface area contributed by atoms with Gasteiger partial charge in [0.25, 0.3) is 0 Å². The molecule has 0 bridgehead atoms. The molecule has 4 nitrogen and oxygen atoms in total. The minimum Gasteiger partial charge on any atom is -0.481 e. The fourth-order valence-electron chi connectivity index (χ4n) is 3.78. The van der Waals surface area contributed by atoms with Crippen LogP contribution in [0.2, 0.25) is 0 Å². The fourth-order valence-corrected chi connectivity index (χ4v) is 3.78. The molecular formula is C27H29NO3. The van der Waals surface area contributed by atoms with Crippen LogP contribution in [0.15, 0.2) is 91.0 Å². The fraction of sp³-hybridized carbons (Fsp3) is 0.259. The lowest BCUT2D eigenvalue weighted by Gasteiger charge is -2.24. The Kier molecular flexibility index (Phi) is 8.13. The van der Waals surface area contributed by atoms with Gasteiger partial charge < -0.3 is 5.11 Å². The number of hydrogen-bond donors (Lipinski definition) is 1. The van der Waals surface area contributed by atoms with E-state index in [0.717, 1.165) is 16.7 Å². The molecule has 2 atom stereocenters. The van der Waals surface area contributed by atoms with Crippen molar-refractivity contribution in [3.05, 3.63) is 108 Å². The zero-order valence-corrected chi connectivity index (χ0v) is 17.9. The predicted octanol–water partition coefficient (Wildman–Crippen LogP) is 5.15. The number of carboxylic acids is 1. The lowest BCUT2D eigenvalue weighted by molar-refractivity contribution is -0.139. The summed E-state index contributed by atoms with van der Waals surface area (Å²) in [5.41, 5.74) is 3.03. The SMILES string of the molecule is CC(CC(C(=O)O)c1ccccc1)C(=O)CN(Cc1ccccc1)Cc1ccccc1. The molecule has 0 fully saturated rings. The van der Waals surface area contributed by atoms with Crippen LogP contribution in [-0.4, -0.2) is 28.3 Å². The number of rotatable bonds is 11. The maximum atomic E-state index is 13.1. The molecule has 0 amide bonds. The summed E-state index contributed by atoms with van der Waals surface area (Å²) in [6.07, 6.45) is 0.294. The number of carbonyl (C=O) groups excluding carboxylic acids is 1. The quantitative estimate of drug-likeness (QED) is 0.470. The standard InChI is InChI=1S/C27H29NO3/c1-21(17-25(27(30)31)24-15-9-4-10-16-24)26(29)20-28(18-22-11-5-2-6-12-22)19-23-13-7-3-8-14-23/h2-16,21,25H,17-20H2,1H3,(H,30,31). The van der Waals surface area contributed by atoms with E-state index in [1.54, 1.807) is 0 Å². The van der Waals surface area contributed by atoms with Crippen molar-refractivity contribution in [1.29, 1.82) is 0 Å². The van der Waals surface area contributed by atoms with Crippen molar-refractivity contribution in [3.63, 3.8) is 0 Å². The third kappa shape index (κ3) is 6.90. The van der Waals surface area contributed by atoms with Crippen LogP contribution in [0.4, 0.5) is 0 Å². The van der Waals surface area contributed by atoms with Gasteiger partial charge in [0.15, 0.2) is 0 Å².